The zero-order chi connectivity index (χ0) is 23.9. The second-order valence-electron chi connectivity index (χ2n) is 8.27. The minimum atomic E-state index is -0.667. The van der Waals surface area contributed by atoms with Crippen LogP contribution >= 0.6 is 0 Å². The van der Waals surface area contributed by atoms with Crippen molar-refractivity contribution in [3.63, 3.8) is 0 Å². The summed E-state index contributed by atoms with van der Waals surface area (Å²) in [7, 11) is 0. The average molecular weight is 459 g/mol. The lowest BCUT2D eigenvalue weighted by atomic mass is 10.1. The van der Waals surface area contributed by atoms with Crippen LogP contribution in [0, 0.1) is 0 Å². The number of aromatic hydroxyl groups is 1. The molecule has 182 valence electrons. The summed E-state index contributed by atoms with van der Waals surface area (Å²) >= 11 is 0. The first-order chi connectivity index (χ1) is 16.0. The van der Waals surface area contributed by atoms with Gasteiger partial charge < -0.3 is 30.7 Å². The highest BCUT2D eigenvalue weighted by molar-refractivity contribution is 5.88. The Bertz CT molecular complexity index is 826. The number of carbonyl (C=O) groups excluding carboxylic acids is 1. The van der Waals surface area contributed by atoms with E-state index >= 15 is 0 Å². The largest absolute Gasteiger partial charge is 0.508 e. The molecule has 7 nitrogen and oxygen atoms in total. The van der Waals surface area contributed by atoms with Gasteiger partial charge in [0.1, 0.15) is 5.75 Å². The molecule has 1 unspecified atom stereocenters. The number of aliphatic hydroxyl groups excluding tert-OH is 2. The minimum Gasteiger partial charge on any atom is -0.508 e. The van der Waals surface area contributed by atoms with Crippen LogP contribution in [0.2, 0.25) is 0 Å². The van der Waals surface area contributed by atoms with Crippen LogP contribution < -0.4 is 10.6 Å². The number of amides is 1. The summed E-state index contributed by atoms with van der Waals surface area (Å²) in [6.45, 7) is 4.06. The Balaban J connectivity index is 1.42. The Hall–Kier alpha value is -2.45. The number of anilines is 1. The zero-order valence-electron chi connectivity index (χ0n) is 19.6. The summed E-state index contributed by atoms with van der Waals surface area (Å²) < 4.78 is 5.73. The smallest absolute Gasteiger partial charge is 0.221 e. The van der Waals surface area contributed by atoms with E-state index in [-0.39, 0.29) is 18.3 Å². The Labute approximate surface area is 196 Å². The van der Waals surface area contributed by atoms with Gasteiger partial charge in [-0.1, -0.05) is 31.0 Å². The third kappa shape index (κ3) is 10.8. The van der Waals surface area contributed by atoms with Gasteiger partial charge in [0.15, 0.2) is 0 Å². The molecule has 2 rings (SSSR count). The first-order valence-corrected chi connectivity index (χ1v) is 11.8. The van der Waals surface area contributed by atoms with Crippen molar-refractivity contribution in [3.8, 4) is 5.75 Å². The molecule has 7 heteroatoms. The molecular weight excluding hydrogens is 420 g/mol. The van der Waals surface area contributed by atoms with Crippen molar-refractivity contribution in [2.45, 2.75) is 58.2 Å². The maximum atomic E-state index is 11.0. The standard InChI is InChI=1S/C26H38N2O5/c1-20(30)28-24-11-8-21(9-12-24)7-6-16-33-15-5-3-2-4-14-27-18-26(32)22-10-13-25(31)23(17-22)19-29/h8-13,17,26-27,29,31-32H,2-7,14-16,18-19H2,1H3,(H,28,30). The van der Waals surface area contributed by atoms with Gasteiger partial charge in [-0.15, -0.1) is 0 Å². The second-order valence-corrected chi connectivity index (χ2v) is 8.27. The molecule has 0 saturated heterocycles. The number of nitrogens with one attached hydrogen (secondary N) is 2. The molecule has 0 fully saturated rings. The number of carbonyl (C=O) groups is 1. The van der Waals surface area contributed by atoms with Crippen LogP contribution in [0.1, 0.15) is 61.8 Å². The molecule has 0 spiro atoms. The van der Waals surface area contributed by atoms with Crippen molar-refractivity contribution < 1.29 is 24.9 Å². The van der Waals surface area contributed by atoms with Crippen LogP contribution in [0.4, 0.5) is 5.69 Å². The van der Waals surface area contributed by atoms with E-state index in [0.717, 1.165) is 64.0 Å². The molecule has 0 heterocycles. The average Bonchev–Trinajstić information content (AvgIpc) is 2.80. The number of ether oxygens (including phenoxy) is 1. The number of benzene rings is 2. The number of rotatable bonds is 16. The summed E-state index contributed by atoms with van der Waals surface area (Å²) in [4.78, 5) is 11.0. The number of unbranched alkanes of at least 4 members (excludes halogenated alkanes) is 3. The fourth-order valence-electron chi connectivity index (χ4n) is 3.54. The highest BCUT2D eigenvalue weighted by Crippen LogP contribution is 2.22. The zero-order valence-corrected chi connectivity index (χ0v) is 19.6. The van der Waals surface area contributed by atoms with Crippen LogP contribution in [0.3, 0.4) is 0 Å². The van der Waals surface area contributed by atoms with Gasteiger partial charge in [0.25, 0.3) is 0 Å². The van der Waals surface area contributed by atoms with E-state index in [1.165, 1.54) is 18.6 Å². The summed E-state index contributed by atoms with van der Waals surface area (Å²) in [5.41, 5.74) is 3.17. The van der Waals surface area contributed by atoms with Gasteiger partial charge in [-0.25, -0.2) is 0 Å². The molecule has 1 atom stereocenters. The van der Waals surface area contributed by atoms with Gasteiger partial charge in [0, 0.05) is 37.9 Å². The summed E-state index contributed by atoms with van der Waals surface area (Å²) in [6, 6.07) is 12.7. The van der Waals surface area contributed by atoms with E-state index in [0.29, 0.717) is 17.7 Å². The Morgan fingerprint density at radius 3 is 2.45 bits per heavy atom. The topological polar surface area (TPSA) is 111 Å². The maximum Gasteiger partial charge on any atom is 0.221 e. The molecule has 5 N–H and O–H groups in total. The molecule has 0 saturated carbocycles. The minimum absolute atomic E-state index is 0.0416. The third-order valence-corrected chi connectivity index (χ3v) is 5.42. The van der Waals surface area contributed by atoms with Gasteiger partial charge in [-0.3, -0.25) is 4.79 Å². The number of hydrogen-bond donors (Lipinski definition) is 5. The van der Waals surface area contributed by atoms with Crippen molar-refractivity contribution in [1.29, 1.82) is 0 Å². The highest BCUT2D eigenvalue weighted by atomic mass is 16.5. The van der Waals surface area contributed by atoms with Gasteiger partial charge in [-0.2, -0.15) is 0 Å². The van der Waals surface area contributed by atoms with E-state index in [1.54, 1.807) is 12.1 Å². The first-order valence-electron chi connectivity index (χ1n) is 11.8. The van der Waals surface area contributed by atoms with Gasteiger partial charge in [0.2, 0.25) is 5.91 Å². The molecule has 0 bridgehead atoms. The lowest BCUT2D eigenvalue weighted by Crippen LogP contribution is -2.22. The van der Waals surface area contributed by atoms with Crippen molar-refractivity contribution >= 4 is 11.6 Å². The molecular formula is C26H38N2O5. The molecule has 2 aromatic carbocycles. The molecule has 2 aromatic rings. The van der Waals surface area contributed by atoms with Crippen molar-refractivity contribution in [3.05, 3.63) is 59.2 Å². The van der Waals surface area contributed by atoms with Gasteiger partial charge in [-0.05, 0) is 67.6 Å². The predicted molar refractivity (Wildman–Crippen MR) is 130 cm³/mol. The Morgan fingerprint density at radius 2 is 1.73 bits per heavy atom. The quantitative estimate of drug-likeness (QED) is 0.246. The van der Waals surface area contributed by atoms with Crippen molar-refractivity contribution in [2.24, 2.45) is 0 Å². The van der Waals surface area contributed by atoms with Crippen LogP contribution in [0.25, 0.3) is 0 Å². The van der Waals surface area contributed by atoms with Crippen LogP contribution in [0.15, 0.2) is 42.5 Å². The van der Waals surface area contributed by atoms with Crippen molar-refractivity contribution in [1.82, 2.24) is 5.32 Å². The molecule has 0 aliphatic rings. The van der Waals surface area contributed by atoms with Crippen LogP contribution in [-0.4, -0.2) is 47.5 Å². The number of aliphatic hydroxyl groups is 2. The highest BCUT2D eigenvalue weighted by Gasteiger charge is 2.09. The monoisotopic (exact) mass is 458 g/mol. The van der Waals surface area contributed by atoms with E-state index in [9.17, 15) is 20.1 Å². The predicted octanol–water partition coefficient (Wildman–Crippen LogP) is 3.68. The Morgan fingerprint density at radius 1 is 1.00 bits per heavy atom. The van der Waals surface area contributed by atoms with E-state index in [4.69, 9.17) is 4.74 Å². The van der Waals surface area contributed by atoms with Crippen LogP contribution in [-0.2, 0) is 22.6 Å². The second kappa shape index (κ2) is 15.4. The number of phenols is 1. The number of aryl methyl sites for hydroxylation is 1. The Kier molecular flexibility index (Phi) is 12.5. The van der Waals surface area contributed by atoms with E-state index in [1.807, 2.05) is 24.3 Å². The first kappa shape index (κ1) is 26.8. The third-order valence-electron chi connectivity index (χ3n) is 5.42. The van der Waals surface area contributed by atoms with Gasteiger partial charge in [0.05, 0.1) is 12.7 Å². The molecule has 0 aliphatic heterocycles. The number of hydrogen-bond acceptors (Lipinski definition) is 6. The maximum absolute atomic E-state index is 11.0. The SMILES string of the molecule is CC(=O)Nc1ccc(CCCOCCCCCCNCC(O)c2ccc(O)c(CO)c2)cc1. The lowest BCUT2D eigenvalue weighted by Gasteiger charge is -2.14. The molecule has 1 amide bonds. The molecule has 0 aromatic heterocycles. The summed E-state index contributed by atoms with van der Waals surface area (Å²) in [5, 5.41) is 35.1. The van der Waals surface area contributed by atoms with Gasteiger partial charge >= 0.3 is 0 Å². The fourth-order valence-corrected chi connectivity index (χ4v) is 3.54. The lowest BCUT2D eigenvalue weighted by molar-refractivity contribution is -0.114. The summed E-state index contributed by atoms with van der Waals surface area (Å²) in [5.74, 6) is -0.0188. The van der Waals surface area contributed by atoms with Crippen LogP contribution in [0.5, 0.6) is 5.75 Å². The van der Waals surface area contributed by atoms with E-state index in [2.05, 4.69) is 10.6 Å². The van der Waals surface area contributed by atoms with E-state index < -0.39 is 6.10 Å². The molecule has 33 heavy (non-hydrogen) atoms. The van der Waals surface area contributed by atoms with Crippen molar-refractivity contribution in [2.75, 3.05) is 31.6 Å². The summed E-state index contributed by atoms with van der Waals surface area (Å²) in [6.07, 6.45) is 5.59. The normalized spacial score (nSPS) is 12.0. The molecule has 0 radical (unpaired) electrons. The molecule has 0 aliphatic carbocycles. The fraction of sp³-hybridized carbons (Fsp3) is 0.500.